The normalized spacial score (nSPS) is 34.8. The van der Waals surface area contributed by atoms with Crippen molar-refractivity contribution in [1.82, 2.24) is 14.2 Å². The SMILES string of the molecule is O=C1C[C@@H]2C[C@H]1[C@H]1C(=O)N(C[C@@H]3CCCC[C@H]3CN3CCN(c4nsc5ccccc45)CC3)C(=O)[C@@H]21. The van der Waals surface area contributed by atoms with Gasteiger partial charge in [0.05, 0.1) is 16.5 Å². The summed E-state index contributed by atoms with van der Waals surface area (Å²) in [4.78, 5) is 45.4. The summed E-state index contributed by atoms with van der Waals surface area (Å²) < 4.78 is 5.99. The van der Waals surface area contributed by atoms with Crippen LogP contribution in [0.4, 0.5) is 5.82 Å². The first kappa shape index (κ1) is 22.8. The Hall–Kier alpha value is -2.32. The van der Waals surface area contributed by atoms with Crippen molar-refractivity contribution in [3.63, 3.8) is 0 Å². The highest BCUT2D eigenvalue weighted by molar-refractivity contribution is 7.13. The van der Waals surface area contributed by atoms with Crippen LogP contribution in [0.3, 0.4) is 0 Å². The summed E-state index contributed by atoms with van der Waals surface area (Å²) in [5.74, 6) is 1.58. The van der Waals surface area contributed by atoms with E-state index in [1.807, 2.05) is 0 Å². The molecule has 2 saturated heterocycles. The van der Waals surface area contributed by atoms with Crippen LogP contribution in [0.25, 0.3) is 10.1 Å². The molecule has 2 amide bonds. The molecule has 0 N–H and O–H groups in total. The van der Waals surface area contributed by atoms with Crippen molar-refractivity contribution >= 4 is 45.0 Å². The predicted octanol–water partition coefficient (Wildman–Crippen LogP) is 3.43. The number of rotatable bonds is 5. The lowest BCUT2D eigenvalue weighted by Crippen LogP contribution is -2.49. The van der Waals surface area contributed by atoms with Crippen LogP contribution in [-0.4, -0.2) is 71.0 Å². The van der Waals surface area contributed by atoms with Gasteiger partial charge in [0, 0.05) is 57.0 Å². The second-order valence-corrected chi connectivity index (χ2v) is 12.5. The number of carbonyl (C=O) groups is 3. The fourth-order valence-corrected chi connectivity index (χ4v) is 8.81. The summed E-state index contributed by atoms with van der Waals surface area (Å²) in [5, 5.41) is 1.25. The van der Waals surface area contributed by atoms with Gasteiger partial charge in [0.1, 0.15) is 11.6 Å². The predicted molar refractivity (Wildman–Crippen MR) is 139 cm³/mol. The molecule has 8 heteroatoms. The van der Waals surface area contributed by atoms with Gasteiger partial charge in [0.25, 0.3) is 0 Å². The molecular weight excluding hydrogens is 472 g/mol. The van der Waals surface area contributed by atoms with E-state index < -0.39 is 0 Å². The first-order valence-corrected chi connectivity index (χ1v) is 14.6. The van der Waals surface area contributed by atoms with Crippen molar-refractivity contribution in [2.45, 2.75) is 38.5 Å². The molecule has 36 heavy (non-hydrogen) atoms. The standard InChI is InChI=1S/C28H34N4O3S/c33-22-14-19-13-21(22)25-24(19)27(34)32(28(25)35)16-18-6-2-1-5-17(18)15-30-9-11-31(12-10-30)26-20-7-3-4-8-23(20)36-29-26/h3-4,7-8,17-19,21,24-25H,1-2,5-6,9-16H2/t17-,18-,19-,21+,24-,25+/m0/s1. The zero-order valence-corrected chi connectivity index (χ0v) is 21.5. The van der Waals surface area contributed by atoms with Gasteiger partial charge in [0.2, 0.25) is 11.8 Å². The van der Waals surface area contributed by atoms with Crippen LogP contribution < -0.4 is 4.90 Å². The number of hydrogen-bond acceptors (Lipinski definition) is 7. The van der Waals surface area contributed by atoms with E-state index >= 15 is 0 Å². The minimum Gasteiger partial charge on any atom is -0.353 e. The highest BCUT2D eigenvalue weighted by atomic mass is 32.1. The second-order valence-electron chi connectivity index (χ2n) is 11.7. The summed E-state index contributed by atoms with van der Waals surface area (Å²) >= 11 is 1.58. The van der Waals surface area contributed by atoms with Crippen LogP contribution in [0.5, 0.6) is 0 Å². The Morgan fingerprint density at radius 3 is 2.42 bits per heavy atom. The number of aromatic nitrogens is 1. The first-order valence-electron chi connectivity index (χ1n) is 13.8. The lowest BCUT2D eigenvalue weighted by molar-refractivity contribution is -0.142. The summed E-state index contributed by atoms with van der Waals surface area (Å²) in [6.45, 7) is 5.61. The van der Waals surface area contributed by atoms with Crippen molar-refractivity contribution in [2.75, 3.05) is 44.2 Å². The number of amides is 2. The monoisotopic (exact) mass is 506 g/mol. The largest absolute Gasteiger partial charge is 0.353 e. The topological polar surface area (TPSA) is 73.8 Å². The van der Waals surface area contributed by atoms with Crippen LogP contribution in [0.1, 0.15) is 38.5 Å². The first-order chi connectivity index (χ1) is 17.6. The van der Waals surface area contributed by atoms with E-state index in [-0.39, 0.29) is 41.3 Å². The number of hydrogen-bond donors (Lipinski definition) is 0. The molecule has 5 fully saturated rings. The molecule has 3 heterocycles. The minimum atomic E-state index is -0.347. The maximum Gasteiger partial charge on any atom is 0.233 e. The van der Waals surface area contributed by atoms with Gasteiger partial charge in [0.15, 0.2) is 0 Å². The maximum absolute atomic E-state index is 13.3. The highest BCUT2D eigenvalue weighted by Crippen LogP contribution is 2.54. The van der Waals surface area contributed by atoms with Crippen LogP contribution >= 0.6 is 11.5 Å². The molecule has 0 radical (unpaired) electrons. The summed E-state index contributed by atoms with van der Waals surface area (Å²) in [6, 6.07) is 8.47. The number of likely N-dealkylation sites (tertiary alicyclic amines) is 1. The van der Waals surface area contributed by atoms with Gasteiger partial charge in [-0.3, -0.25) is 24.2 Å². The number of ketones is 1. The van der Waals surface area contributed by atoms with E-state index in [0.717, 1.165) is 51.4 Å². The smallest absolute Gasteiger partial charge is 0.233 e. The highest BCUT2D eigenvalue weighted by Gasteiger charge is 2.64. The summed E-state index contributed by atoms with van der Waals surface area (Å²) in [7, 11) is 0. The van der Waals surface area contributed by atoms with Gasteiger partial charge in [-0.1, -0.05) is 25.0 Å². The third-order valence-corrected chi connectivity index (χ3v) is 10.7. The summed E-state index contributed by atoms with van der Waals surface area (Å²) in [6.07, 6.45) is 5.94. The molecule has 2 aliphatic heterocycles. The van der Waals surface area contributed by atoms with Gasteiger partial charge in [-0.15, -0.1) is 0 Å². The number of fused-ring (bicyclic) bond motifs is 6. The van der Waals surface area contributed by atoms with E-state index in [4.69, 9.17) is 4.37 Å². The Labute approximate surface area is 216 Å². The minimum absolute atomic E-state index is 0.0263. The molecule has 190 valence electrons. The molecule has 3 saturated carbocycles. The molecule has 0 spiro atoms. The molecule has 5 aliphatic rings. The average molecular weight is 507 g/mol. The lowest BCUT2D eigenvalue weighted by Gasteiger charge is -2.40. The van der Waals surface area contributed by atoms with Crippen molar-refractivity contribution in [1.29, 1.82) is 0 Å². The quantitative estimate of drug-likeness (QED) is 0.579. The molecule has 1 aromatic carbocycles. The van der Waals surface area contributed by atoms with E-state index in [0.29, 0.717) is 24.8 Å². The molecule has 7 nitrogen and oxygen atoms in total. The third kappa shape index (κ3) is 3.63. The Kier molecular flexibility index (Phi) is 5.65. The van der Waals surface area contributed by atoms with Crippen molar-refractivity contribution < 1.29 is 14.4 Å². The fourth-order valence-electron chi connectivity index (χ4n) is 8.02. The molecular formula is C28H34N4O3S. The van der Waals surface area contributed by atoms with Crippen LogP contribution in [0.15, 0.2) is 24.3 Å². The van der Waals surface area contributed by atoms with Gasteiger partial charge < -0.3 is 4.90 Å². The molecule has 1 aromatic heterocycles. The molecule has 0 unspecified atom stereocenters. The Morgan fingerprint density at radius 2 is 1.61 bits per heavy atom. The van der Waals surface area contributed by atoms with Gasteiger partial charge in [-0.25, -0.2) is 0 Å². The third-order valence-electron chi connectivity index (χ3n) is 9.87. The van der Waals surface area contributed by atoms with Crippen LogP contribution in [0.2, 0.25) is 0 Å². The molecule has 2 bridgehead atoms. The number of benzene rings is 1. The average Bonchev–Trinajstić information content (AvgIpc) is 3.64. The summed E-state index contributed by atoms with van der Waals surface area (Å²) in [5.41, 5.74) is 0. The van der Waals surface area contributed by atoms with E-state index in [9.17, 15) is 14.4 Å². The van der Waals surface area contributed by atoms with Gasteiger partial charge >= 0.3 is 0 Å². The number of nitrogens with zero attached hydrogens (tertiary/aromatic N) is 4. The van der Waals surface area contributed by atoms with Crippen molar-refractivity contribution in [3.05, 3.63) is 24.3 Å². The lowest BCUT2D eigenvalue weighted by atomic mass is 9.78. The molecule has 7 rings (SSSR count). The zero-order valence-electron chi connectivity index (χ0n) is 20.7. The van der Waals surface area contributed by atoms with E-state index in [1.165, 1.54) is 29.3 Å². The molecule has 3 aliphatic carbocycles. The van der Waals surface area contributed by atoms with E-state index in [2.05, 4.69) is 34.1 Å². The zero-order chi connectivity index (χ0) is 24.4. The second kappa shape index (κ2) is 8.91. The molecule has 6 atom stereocenters. The fraction of sp³-hybridized carbons (Fsp3) is 0.643. The van der Waals surface area contributed by atoms with Gasteiger partial charge in [-0.05, 0) is 60.7 Å². The Balaban J connectivity index is 0.990. The number of imide groups is 1. The number of Topliss-reactive ketones (excluding diaryl/α,β-unsaturated/α-hetero) is 1. The van der Waals surface area contributed by atoms with Crippen LogP contribution in [0, 0.1) is 35.5 Å². The Morgan fingerprint density at radius 1 is 0.889 bits per heavy atom. The Bertz CT molecular complexity index is 1200. The van der Waals surface area contributed by atoms with Crippen molar-refractivity contribution in [2.24, 2.45) is 35.5 Å². The number of piperazine rings is 1. The van der Waals surface area contributed by atoms with Crippen molar-refractivity contribution in [3.8, 4) is 0 Å². The van der Waals surface area contributed by atoms with Crippen LogP contribution in [-0.2, 0) is 14.4 Å². The number of anilines is 1. The van der Waals surface area contributed by atoms with Gasteiger partial charge in [-0.2, -0.15) is 4.37 Å². The maximum atomic E-state index is 13.3. The molecule has 2 aromatic rings. The number of carbonyl (C=O) groups excluding carboxylic acids is 3. The van der Waals surface area contributed by atoms with E-state index in [1.54, 1.807) is 16.4 Å².